The molecule has 186 valence electrons. The van der Waals surface area contributed by atoms with E-state index < -0.39 is 0 Å². The van der Waals surface area contributed by atoms with E-state index in [2.05, 4.69) is 89.0 Å². The zero-order valence-corrected chi connectivity index (χ0v) is 23.1. The second-order valence-corrected chi connectivity index (χ2v) is 11.0. The van der Waals surface area contributed by atoms with Crippen LogP contribution in [-0.2, 0) is 6.54 Å². The number of hydrogen-bond acceptors (Lipinski definition) is 6. The second kappa shape index (κ2) is 12.1. The first kappa shape index (κ1) is 25.8. The first-order valence-electron chi connectivity index (χ1n) is 12.3. The molecule has 1 aliphatic heterocycles. The normalized spacial score (nSPS) is 15.7. The number of nitrogens with one attached hydrogen (secondary N) is 1. The maximum Gasteiger partial charge on any atom is 0.254 e. The van der Waals surface area contributed by atoms with E-state index in [4.69, 9.17) is 0 Å². The van der Waals surface area contributed by atoms with Gasteiger partial charge in [0, 0.05) is 48.4 Å². The van der Waals surface area contributed by atoms with Crippen LogP contribution in [0.5, 0.6) is 0 Å². The number of halogens is 1. The number of aryl methyl sites for hydroxylation is 2. The van der Waals surface area contributed by atoms with E-state index in [-0.39, 0.29) is 5.91 Å². The summed E-state index contributed by atoms with van der Waals surface area (Å²) < 4.78 is 1.11. The predicted octanol–water partition coefficient (Wildman–Crippen LogP) is 5.60. The lowest BCUT2D eigenvalue weighted by Gasteiger charge is -2.42. The lowest BCUT2D eigenvalue weighted by molar-refractivity contribution is 0.0943. The molecule has 1 N–H and O–H groups in total. The van der Waals surface area contributed by atoms with Crippen molar-refractivity contribution in [3.8, 4) is 0 Å². The fraction of sp³-hybridized carbons (Fsp3) is 0.444. The van der Waals surface area contributed by atoms with E-state index in [9.17, 15) is 4.79 Å². The van der Waals surface area contributed by atoms with Crippen LogP contribution in [0.2, 0.25) is 0 Å². The molecule has 0 spiro atoms. The zero-order valence-electron chi connectivity index (χ0n) is 20.7. The van der Waals surface area contributed by atoms with E-state index >= 15 is 0 Å². The Hall–Kier alpha value is -2.29. The van der Waals surface area contributed by atoms with Crippen molar-refractivity contribution in [1.82, 2.24) is 20.2 Å². The fourth-order valence-electron chi connectivity index (χ4n) is 4.87. The Morgan fingerprint density at radius 3 is 2.49 bits per heavy atom. The van der Waals surface area contributed by atoms with Gasteiger partial charge < -0.3 is 15.1 Å². The molecule has 0 saturated carbocycles. The molecule has 1 amide bonds. The Morgan fingerprint density at radius 2 is 1.86 bits per heavy atom. The molecule has 1 aromatic carbocycles. The molecule has 4 rings (SSSR count). The van der Waals surface area contributed by atoms with Crippen molar-refractivity contribution in [1.29, 1.82) is 0 Å². The summed E-state index contributed by atoms with van der Waals surface area (Å²) in [5.41, 5.74) is 4.70. The fourth-order valence-corrected chi connectivity index (χ4v) is 5.79. The molecule has 35 heavy (non-hydrogen) atoms. The third-order valence-electron chi connectivity index (χ3n) is 6.96. The molecule has 3 heterocycles. The molecule has 1 atom stereocenters. The van der Waals surface area contributed by atoms with Gasteiger partial charge in [0.05, 0.1) is 17.0 Å². The number of benzene rings is 1. The van der Waals surface area contributed by atoms with Crippen LogP contribution in [0.1, 0.15) is 53.5 Å². The van der Waals surface area contributed by atoms with Crippen LogP contribution in [0.3, 0.4) is 0 Å². The number of anilines is 1. The molecule has 8 heteroatoms. The highest BCUT2D eigenvalue weighted by molar-refractivity contribution is 9.10. The van der Waals surface area contributed by atoms with Gasteiger partial charge in [-0.3, -0.25) is 4.79 Å². The van der Waals surface area contributed by atoms with Gasteiger partial charge in [0.15, 0.2) is 0 Å². The summed E-state index contributed by atoms with van der Waals surface area (Å²) in [5.74, 6) is -0.0786. The number of piperidine rings is 1. The Labute approximate surface area is 220 Å². The molecule has 0 unspecified atom stereocenters. The summed E-state index contributed by atoms with van der Waals surface area (Å²) in [4.78, 5) is 26.1. The van der Waals surface area contributed by atoms with E-state index in [1.54, 1.807) is 11.3 Å². The summed E-state index contributed by atoms with van der Waals surface area (Å²) in [6.45, 7) is 9.71. The van der Waals surface area contributed by atoms with E-state index in [0.29, 0.717) is 24.2 Å². The number of rotatable bonds is 9. The van der Waals surface area contributed by atoms with Crippen LogP contribution in [0.25, 0.3) is 0 Å². The first-order chi connectivity index (χ1) is 16.9. The molecule has 1 fully saturated rings. The summed E-state index contributed by atoms with van der Waals surface area (Å²) in [6, 6.07) is 11.9. The summed E-state index contributed by atoms with van der Waals surface area (Å²) >= 11 is 5.33. The van der Waals surface area contributed by atoms with E-state index in [0.717, 1.165) is 54.8 Å². The lowest BCUT2D eigenvalue weighted by Crippen LogP contribution is -2.48. The van der Waals surface area contributed by atoms with Crippen molar-refractivity contribution >= 4 is 38.9 Å². The van der Waals surface area contributed by atoms with Gasteiger partial charge >= 0.3 is 0 Å². The van der Waals surface area contributed by atoms with Crippen molar-refractivity contribution in [2.24, 2.45) is 0 Å². The molecular formula is C27H34BrN5OS. The van der Waals surface area contributed by atoms with Crippen molar-refractivity contribution in [2.75, 3.05) is 24.5 Å². The number of likely N-dealkylation sites (tertiary alicyclic amines) is 1. The van der Waals surface area contributed by atoms with Crippen molar-refractivity contribution in [3.05, 3.63) is 74.4 Å². The average Bonchev–Trinajstić information content (AvgIpc) is 3.37. The number of nitrogens with zero attached hydrogens (tertiary/aromatic N) is 4. The highest BCUT2D eigenvalue weighted by atomic mass is 79.9. The maximum atomic E-state index is 12.6. The number of hydrogen-bond donors (Lipinski definition) is 1. The van der Waals surface area contributed by atoms with Gasteiger partial charge in [-0.25, -0.2) is 9.97 Å². The third-order valence-corrected chi connectivity index (χ3v) is 8.22. The van der Waals surface area contributed by atoms with E-state index in [1.807, 2.05) is 13.8 Å². The van der Waals surface area contributed by atoms with Crippen LogP contribution in [0, 0.1) is 13.8 Å². The highest BCUT2D eigenvalue weighted by Crippen LogP contribution is 2.28. The number of carbonyl (C=O) groups excluding carboxylic acids is 1. The minimum atomic E-state index is -0.0786. The van der Waals surface area contributed by atoms with Crippen molar-refractivity contribution in [3.63, 3.8) is 0 Å². The predicted molar refractivity (Wildman–Crippen MR) is 147 cm³/mol. The van der Waals surface area contributed by atoms with Crippen LogP contribution in [-0.4, -0.2) is 52.5 Å². The number of aromatic nitrogens is 2. The van der Waals surface area contributed by atoms with Gasteiger partial charge in [0.25, 0.3) is 5.91 Å². The standard InChI is InChI=1S/C27H34BrN5OS/c1-19(8-12-29-27(34)26-20(2)30-18-31-21(26)3)32-13-9-25(10-14-32)33(16-22-11-15-35-17-22)24-6-4-23(28)5-7-24/h4-7,11,15,17-19,25H,8-10,12-14,16H2,1-3H3,(H,29,34)/t19-/m1/s1. The lowest BCUT2D eigenvalue weighted by atomic mass is 9.99. The molecule has 6 nitrogen and oxygen atoms in total. The quantitative estimate of drug-likeness (QED) is 0.372. The molecule has 0 radical (unpaired) electrons. The van der Waals surface area contributed by atoms with Crippen LogP contribution in [0.15, 0.2) is 51.9 Å². The smallest absolute Gasteiger partial charge is 0.254 e. The Morgan fingerprint density at radius 1 is 1.17 bits per heavy atom. The average molecular weight is 557 g/mol. The SMILES string of the molecule is Cc1ncnc(C)c1C(=O)NCC[C@@H](C)N1CCC(N(Cc2ccsc2)c2ccc(Br)cc2)CC1. The van der Waals surface area contributed by atoms with Crippen LogP contribution in [0.4, 0.5) is 5.69 Å². The number of thiophene rings is 1. The third kappa shape index (κ3) is 6.68. The molecule has 2 aromatic heterocycles. The highest BCUT2D eigenvalue weighted by Gasteiger charge is 2.27. The summed E-state index contributed by atoms with van der Waals surface area (Å²) in [5, 5.41) is 7.48. The Kier molecular flexibility index (Phi) is 8.92. The first-order valence-corrected chi connectivity index (χ1v) is 14.0. The van der Waals surface area contributed by atoms with Crippen molar-refractivity contribution in [2.45, 2.75) is 58.7 Å². The van der Waals surface area contributed by atoms with E-state index in [1.165, 1.54) is 17.6 Å². The minimum Gasteiger partial charge on any atom is -0.364 e. The van der Waals surface area contributed by atoms with Gasteiger partial charge in [-0.05, 0) is 86.7 Å². The number of amides is 1. The van der Waals surface area contributed by atoms with Crippen LogP contribution < -0.4 is 10.2 Å². The summed E-state index contributed by atoms with van der Waals surface area (Å²) in [6.07, 6.45) is 4.70. The van der Waals surface area contributed by atoms with Gasteiger partial charge in [-0.2, -0.15) is 11.3 Å². The van der Waals surface area contributed by atoms with Gasteiger partial charge in [-0.1, -0.05) is 15.9 Å². The maximum absolute atomic E-state index is 12.6. The second-order valence-electron chi connectivity index (χ2n) is 9.32. The molecular weight excluding hydrogens is 522 g/mol. The molecule has 1 aliphatic rings. The van der Waals surface area contributed by atoms with Gasteiger partial charge in [0.1, 0.15) is 6.33 Å². The zero-order chi connectivity index (χ0) is 24.8. The topological polar surface area (TPSA) is 61.4 Å². The molecule has 3 aromatic rings. The summed E-state index contributed by atoms with van der Waals surface area (Å²) in [7, 11) is 0. The Balaban J connectivity index is 1.30. The molecule has 0 aliphatic carbocycles. The minimum absolute atomic E-state index is 0.0786. The van der Waals surface area contributed by atoms with Crippen LogP contribution >= 0.6 is 27.3 Å². The largest absolute Gasteiger partial charge is 0.364 e. The molecule has 0 bridgehead atoms. The Bertz CT molecular complexity index is 1080. The van der Waals surface area contributed by atoms with Gasteiger partial charge in [-0.15, -0.1) is 0 Å². The molecule has 1 saturated heterocycles. The van der Waals surface area contributed by atoms with Gasteiger partial charge in [0.2, 0.25) is 0 Å². The monoisotopic (exact) mass is 555 g/mol. The number of carbonyl (C=O) groups is 1. The van der Waals surface area contributed by atoms with Crippen molar-refractivity contribution < 1.29 is 4.79 Å².